The van der Waals surface area contributed by atoms with Gasteiger partial charge in [-0.2, -0.15) is 0 Å². The second-order valence-corrected chi connectivity index (χ2v) is 7.54. The first kappa shape index (κ1) is 15.3. The van der Waals surface area contributed by atoms with Crippen molar-refractivity contribution in [3.8, 4) is 0 Å². The van der Waals surface area contributed by atoms with Crippen molar-refractivity contribution in [1.29, 1.82) is 0 Å². The van der Waals surface area contributed by atoms with Gasteiger partial charge < -0.3 is 9.47 Å². The highest BCUT2D eigenvalue weighted by atomic mass is 16.7. The molecule has 3 heteroatoms. The number of rotatable bonds is 2. The average molecular weight is 314 g/mol. The quantitative estimate of drug-likeness (QED) is 0.834. The van der Waals surface area contributed by atoms with Gasteiger partial charge in [0.25, 0.3) is 0 Å². The third kappa shape index (κ3) is 2.36. The van der Waals surface area contributed by atoms with Gasteiger partial charge >= 0.3 is 0 Å². The Kier molecular flexibility index (Phi) is 3.81. The van der Waals surface area contributed by atoms with Crippen molar-refractivity contribution < 1.29 is 14.3 Å². The lowest BCUT2D eigenvalue weighted by atomic mass is 9.52. The minimum Gasteiger partial charge on any atom is -0.347 e. The fraction of sp³-hybridized carbons (Fsp3) is 0.650. The number of benzene rings is 1. The van der Waals surface area contributed by atoms with E-state index in [1.165, 1.54) is 5.56 Å². The highest BCUT2D eigenvalue weighted by Crippen LogP contribution is 2.57. The molecule has 1 spiro atoms. The zero-order chi connectivity index (χ0) is 15.9. The number of ketones is 1. The lowest BCUT2D eigenvalue weighted by Gasteiger charge is -2.54. The van der Waals surface area contributed by atoms with E-state index in [0.717, 1.165) is 38.5 Å². The molecule has 124 valence electrons. The standard InChI is InChI=1S/C20H26O3/c1-15-17-8-5-9-18(21)19(17,14-16-6-3-2-4-7-16)10-11-20(15)22-12-13-23-20/h2-4,6-7,15,17H,5,8-14H2,1H3/t15-,17-,19+/m0/s1. The van der Waals surface area contributed by atoms with E-state index < -0.39 is 5.79 Å². The predicted octanol–water partition coefficient (Wildman–Crippen LogP) is 3.76. The van der Waals surface area contributed by atoms with Gasteiger partial charge in [-0.3, -0.25) is 4.79 Å². The molecule has 3 aliphatic rings. The van der Waals surface area contributed by atoms with Gasteiger partial charge in [0.2, 0.25) is 0 Å². The molecule has 3 atom stereocenters. The van der Waals surface area contributed by atoms with Crippen molar-refractivity contribution in [3.05, 3.63) is 35.9 Å². The van der Waals surface area contributed by atoms with Crippen LogP contribution in [-0.2, 0) is 20.7 Å². The summed E-state index contributed by atoms with van der Waals surface area (Å²) in [4.78, 5) is 13.0. The van der Waals surface area contributed by atoms with Crippen LogP contribution in [-0.4, -0.2) is 24.8 Å². The Morgan fingerprint density at radius 1 is 1.13 bits per heavy atom. The van der Waals surface area contributed by atoms with Gasteiger partial charge in [0.1, 0.15) is 5.78 Å². The van der Waals surface area contributed by atoms with E-state index in [2.05, 4.69) is 31.2 Å². The van der Waals surface area contributed by atoms with Crippen molar-refractivity contribution in [1.82, 2.24) is 0 Å². The number of carbonyl (C=O) groups excluding carboxylic acids is 1. The first-order valence-corrected chi connectivity index (χ1v) is 9.01. The van der Waals surface area contributed by atoms with Gasteiger partial charge in [0.05, 0.1) is 13.2 Å². The Balaban J connectivity index is 1.68. The molecule has 0 aromatic heterocycles. The summed E-state index contributed by atoms with van der Waals surface area (Å²) < 4.78 is 12.1. The van der Waals surface area contributed by atoms with Gasteiger partial charge in [-0.05, 0) is 37.2 Å². The van der Waals surface area contributed by atoms with Crippen LogP contribution in [0.15, 0.2) is 30.3 Å². The summed E-state index contributed by atoms with van der Waals surface area (Å²) >= 11 is 0. The topological polar surface area (TPSA) is 35.5 Å². The molecule has 0 unspecified atom stereocenters. The number of ether oxygens (including phenoxy) is 2. The van der Waals surface area contributed by atoms with E-state index in [1.54, 1.807) is 0 Å². The molecule has 2 saturated carbocycles. The summed E-state index contributed by atoms with van der Waals surface area (Å²) in [6, 6.07) is 10.5. The van der Waals surface area contributed by atoms with Crippen LogP contribution < -0.4 is 0 Å². The Hall–Kier alpha value is -1.19. The summed E-state index contributed by atoms with van der Waals surface area (Å²) in [6.07, 6.45) is 5.50. The molecule has 3 fully saturated rings. The van der Waals surface area contributed by atoms with Gasteiger partial charge in [0.15, 0.2) is 5.79 Å². The predicted molar refractivity (Wildman–Crippen MR) is 88.0 cm³/mol. The highest BCUT2D eigenvalue weighted by Gasteiger charge is 2.59. The molecule has 4 rings (SSSR count). The molecule has 0 amide bonds. The van der Waals surface area contributed by atoms with Crippen LogP contribution in [0.4, 0.5) is 0 Å². The monoisotopic (exact) mass is 314 g/mol. The van der Waals surface area contributed by atoms with Crippen LogP contribution in [0.3, 0.4) is 0 Å². The molecule has 1 aliphatic heterocycles. The molecule has 2 aliphatic carbocycles. The second-order valence-electron chi connectivity index (χ2n) is 7.54. The Bertz CT molecular complexity index is 576. The zero-order valence-electron chi connectivity index (χ0n) is 13.9. The molecule has 1 heterocycles. The first-order valence-electron chi connectivity index (χ1n) is 9.01. The number of carbonyl (C=O) groups is 1. The van der Waals surface area contributed by atoms with Crippen LogP contribution in [0, 0.1) is 17.3 Å². The van der Waals surface area contributed by atoms with Crippen molar-refractivity contribution >= 4 is 5.78 Å². The maximum Gasteiger partial charge on any atom is 0.171 e. The van der Waals surface area contributed by atoms with Crippen LogP contribution in [0.5, 0.6) is 0 Å². The van der Waals surface area contributed by atoms with E-state index in [9.17, 15) is 4.79 Å². The third-order valence-electron chi connectivity index (χ3n) is 6.54. The molecular weight excluding hydrogens is 288 g/mol. The lowest BCUT2D eigenvalue weighted by molar-refractivity contribution is -0.244. The molecule has 0 bridgehead atoms. The number of Topliss-reactive ketones (excluding diaryl/α,β-unsaturated/α-hetero) is 1. The van der Waals surface area contributed by atoms with Gasteiger partial charge in [0, 0.05) is 24.2 Å². The summed E-state index contributed by atoms with van der Waals surface area (Å²) in [7, 11) is 0. The molecule has 0 radical (unpaired) electrons. The fourth-order valence-corrected chi connectivity index (χ4v) is 5.36. The van der Waals surface area contributed by atoms with E-state index in [-0.39, 0.29) is 11.3 Å². The fourth-order valence-electron chi connectivity index (χ4n) is 5.36. The Morgan fingerprint density at radius 2 is 1.87 bits per heavy atom. The van der Waals surface area contributed by atoms with Crippen molar-refractivity contribution in [2.45, 2.75) is 51.2 Å². The summed E-state index contributed by atoms with van der Waals surface area (Å²) in [5.41, 5.74) is 1.07. The number of fused-ring (bicyclic) bond motifs is 1. The van der Waals surface area contributed by atoms with Crippen molar-refractivity contribution in [3.63, 3.8) is 0 Å². The molecule has 1 saturated heterocycles. The van der Waals surface area contributed by atoms with E-state index >= 15 is 0 Å². The smallest absolute Gasteiger partial charge is 0.171 e. The number of hydrogen-bond acceptors (Lipinski definition) is 3. The normalized spacial score (nSPS) is 36.1. The second kappa shape index (κ2) is 5.71. The van der Waals surface area contributed by atoms with E-state index in [4.69, 9.17) is 9.47 Å². The van der Waals surface area contributed by atoms with Crippen molar-refractivity contribution in [2.75, 3.05) is 13.2 Å². The average Bonchev–Trinajstić information content (AvgIpc) is 3.04. The van der Waals surface area contributed by atoms with Crippen LogP contribution >= 0.6 is 0 Å². The molecule has 0 N–H and O–H groups in total. The van der Waals surface area contributed by atoms with E-state index in [0.29, 0.717) is 24.9 Å². The molecule has 1 aromatic rings. The highest BCUT2D eigenvalue weighted by molar-refractivity contribution is 5.86. The minimum atomic E-state index is -0.428. The SMILES string of the molecule is C[C@H]1[C@@H]2CCCC(=O)[C@@]2(Cc2ccccc2)CCC12OCCO2. The van der Waals surface area contributed by atoms with Crippen LogP contribution in [0.2, 0.25) is 0 Å². The Morgan fingerprint density at radius 3 is 2.61 bits per heavy atom. The van der Waals surface area contributed by atoms with E-state index in [1.807, 2.05) is 6.07 Å². The summed E-state index contributed by atoms with van der Waals surface area (Å²) in [6.45, 7) is 3.63. The molecule has 23 heavy (non-hydrogen) atoms. The maximum atomic E-state index is 13.0. The van der Waals surface area contributed by atoms with Crippen LogP contribution in [0.1, 0.15) is 44.6 Å². The van der Waals surface area contributed by atoms with Crippen LogP contribution in [0.25, 0.3) is 0 Å². The Labute approximate surface area is 138 Å². The lowest BCUT2D eigenvalue weighted by Crippen LogP contribution is -2.57. The van der Waals surface area contributed by atoms with Gasteiger partial charge in [-0.25, -0.2) is 0 Å². The number of hydrogen-bond donors (Lipinski definition) is 0. The van der Waals surface area contributed by atoms with Gasteiger partial charge in [-0.1, -0.05) is 37.3 Å². The zero-order valence-corrected chi connectivity index (χ0v) is 13.9. The molecule has 3 nitrogen and oxygen atoms in total. The third-order valence-corrected chi connectivity index (χ3v) is 6.54. The van der Waals surface area contributed by atoms with Gasteiger partial charge in [-0.15, -0.1) is 0 Å². The molecular formula is C20H26O3. The summed E-state index contributed by atoms with van der Waals surface area (Å²) in [5, 5.41) is 0. The largest absolute Gasteiger partial charge is 0.347 e. The first-order chi connectivity index (χ1) is 11.2. The van der Waals surface area contributed by atoms with Crippen molar-refractivity contribution in [2.24, 2.45) is 17.3 Å². The summed E-state index contributed by atoms with van der Waals surface area (Å²) in [5.74, 6) is 0.697. The maximum absolute atomic E-state index is 13.0. The minimum absolute atomic E-state index is 0.209. The molecule has 1 aromatic carbocycles.